The lowest BCUT2D eigenvalue weighted by Gasteiger charge is -2.15. The molecule has 2 aromatic rings. The third-order valence-electron chi connectivity index (χ3n) is 3.93. The van der Waals surface area contributed by atoms with Gasteiger partial charge >= 0.3 is 0 Å². The highest BCUT2D eigenvalue weighted by atomic mass is 127. The van der Waals surface area contributed by atoms with Gasteiger partial charge in [-0.15, -0.1) is 45.5 Å². The summed E-state index contributed by atoms with van der Waals surface area (Å²) in [5.74, 6) is 3.36. The first-order valence-corrected chi connectivity index (χ1v) is 8.54. The van der Waals surface area contributed by atoms with Crippen molar-refractivity contribution in [3.05, 3.63) is 34.0 Å². The van der Waals surface area contributed by atoms with Crippen molar-refractivity contribution in [2.24, 2.45) is 4.99 Å². The number of fused-ring (bicyclic) bond motifs is 1. The van der Waals surface area contributed by atoms with Gasteiger partial charge < -0.3 is 15.2 Å². The van der Waals surface area contributed by atoms with E-state index in [2.05, 4.69) is 54.8 Å². The van der Waals surface area contributed by atoms with E-state index in [0.717, 1.165) is 37.1 Å². The second-order valence-electron chi connectivity index (χ2n) is 5.51. The average molecular weight is 446 g/mol. The number of hydrogen-bond donors (Lipinski definition) is 2. The number of nitrogens with zero attached hydrogens (tertiary/aromatic N) is 4. The van der Waals surface area contributed by atoms with Crippen LogP contribution in [0, 0.1) is 0 Å². The summed E-state index contributed by atoms with van der Waals surface area (Å²) < 4.78 is 2.20. The molecule has 1 unspecified atom stereocenters. The van der Waals surface area contributed by atoms with Crippen LogP contribution < -0.4 is 10.6 Å². The van der Waals surface area contributed by atoms with Gasteiger partial charge in [-0.2, -0.15) is 0 Å². The van der Waals surface area contributed by atoms with Crippen LogP contribution >= 0.6 is 35.3 Å². The molecule has 0 amide bonds. The monoisotopic (exact) mass is 446 g/mol. The van der Waals surface area contributed by atoms with Crippen molar-refractivity contribution in [1.29, 1.82) is 0 Å². The molecule has 0 bridgehead atoms. The summed E-state index contributed by atoms with van der Waals surface area (Å²) in [6.45, 7) is 4.76. The molecule has 1 aliphatic rings. The number of aromatic nitrogens is 3. The molecular formula is C15H23IN6S. The van der Waals surface area contributed by atoms with E-state index in [1.165, 1.54) is 11.3 Å². The largest absolute Gasteiger partial charge is 0.356 e. The number of thiophene rings is 1. The van der Waals surface area contributed by atoms with Crippen LogP contribution in [-0.4, -0.2) is 34.3 Å². The Labute approximate surface area is 157 Å². The van der Waals surface area contributed by atoms with Crippen LogP contribution in [0.5, 0.6) is 0 Å². The second-order valence-corrected chi connectivity index (χ2v) is 6.49. The van der Waals surface area contributed by atoms with Gasteiger partial charge in [0, 0.05) is 37.4 Å². The Kier molecular flexibility index (Phi) is 6.82. The summed E-state index contributed by atoms with van der Waals surface area (Å²) in [6, 6.07) is 4.27. The quantitative estimate of drug-likeness (QED) is 0.421. The number of aryl methyl sites for hydroxylation is 1. The van der Waals surface area contributed by atoms with E-state index >= 15 is 0 Å². The van der Waals surface area contributed by atoms with Gasteiger partial charge in [-0.1, -0.05) is 13.0 Å². The molecule has 126 valence electrons. The summed E-state index contributed by atoms with van der Waals surface area (Å²) in [4.78, 5) is 5.66. The number of hydrogen-bond acceptors (Lipinski definition) is 4. The van der Waals surface area contributed by atoms with Gasteiger partial charge in [-0.3, -0.25) is 4.99 Å². The van der Waals surface area contributed by atoms with E-state index in [1.807, 2.05) is 0 Å². The SMILES string of the molecule is CN=C(NCc1nnc2n1CCC2)NCC(C)c1cccs1.I. The first-order valence-electron chi connectivity index (χ1n) is 7.67. The zero-order valence-electron chi connectivity index (χ0n) is 13.5. The zero-order valence-corrected chi connectivity index (χ0v) is 16.6. The Morgan fingerprint density at radius 3 is 3.04 bits per heavy atom. The van der Waals surface area contributed by atoms with Crippen LogP contribution in [0.2, 0.25) is 0 Å². The summed E-state index contributed by atoms with van der Waals surface area (Å²) in [6.07, 6.45) is 2.21. The van der Waals surface area contributed by atoms with E-state index in [-0.39, 0.29) is 24.0 Å². The van der Waals surface area contributed by atoms with Gasteiger partial charge in [0.25, 0.3) is 0 Å². The van der Waals surface area contributed by atoms with Gasteiger partial charge in [-0.25, -0.2) is 0 Å². The lowest BCUT2D eigenvalue weighted by atomic mass is 10.1. The molecule has 2 aromatic heterocycles. The predicted octanol–water partition coefficient (Wildman–Crippen LogP) is 2.37. The van der Waals surface area contributed by atoms with Crippen LogP contribution in [0.1, 0.15) is 35.8 Å². The molecule has 0 aromatic carbocycles. The second kappa shape index (κ2) is 8.62. The molecule has 0 radical (unpaired) electrons. The molecule has 0 aliphatic carbocycles. The Morgan fingerprint density at radius 1 is 1.43 bits per heavy atom. The number of rotatable bonds is 5. The fourth-order valence-corrected chi connectivity index (χ4v) is 3.43. The lowest BCUT2D eigenvalue weighted by Crippen LogP contribution is -2.39. The van der Waals surface area contributed by atoms with E-state index in [4.69, 9.17) is 0 Å². The lowest BCUT2D eigenvalue weighted by molar-refractivity contribution is 0.655. The number of aliphatic imine (C=N–C) groups is 1. The third-order valence-corrected chi connectivity index (χ3v) is 5.03. The first-order chi connectivity index (χ1) is 10.8. The molecule has 1 atom stereocenters. The summed E-state index contributed by atoms with van der Waals surface area (Å²) >= 11 is 1.79. The summed E-state index contributed by atoms with van der Waals surface area (Å²) in [5.41, 5.74) is 0. The van der Waals surface area contributed by atoms with Gasteiger partial charge in [0.15, 0.2) is 11.8 Å². The summed E-state index contributed by atoms with van der Waals surface area (Å²) in [5, 5.41) is 17.3. The standard InChI is InChI=1S/C15H22N6S.HI/c1-11(12-5-4-8-22-12)9-17-15(16-2)18-10-14-20-19-13-6-3-7-21(13)14;/h4-5,8,11H,3,6-7,9-10H2,1-2H3,(H2,16,17,18);1H. The van der Waals surface area contributed by atoms with Crippen molar-refractivity contribution >= 4 is 41.3 Å². The van der Waals surface area contributed by atoms with Crippen LogP contribution in [0.25, 0.3) is 0 Å². The fourth-order valence-electron chi connectivity index (χ4n) is 2.65. The normalized spacial score (nSPS) is 15.0. The highest BCUT2D eigenvalue weighted by Crippen LogP contribution is 2.19. The zero-order chi connectivity index (χ0) is 15.4. The fraction of sp³-hybridized carbons (Fsp3) is 0.533. The van der Waals surface area contributed by atoms with E-state index in [0.29, 0.717) is 12.5 Å². The molecule has 0 fully saturated rings. The van der Waals surface area contributed by atoms with Gasteiger partial charge in [0.1, 0.15) is 5.82 Å². The van der Waals surface area contributed by atoms with Crippen LogP contribution in [0.15, 0.2) is 22.5 Å². The molecular weight excluding hydrogens is 423 g/mol. The Balaban J connectivity index is 0.00000192. The average Bonchev–Trinajstić information content (AvgIpc) is 3.25. The molecule has 3 heterocycles. The summed E-state index contributed by atoms with van der Waals surface area (Å²) in [7, 11) is 1.79. The molecule has 0 spiro atoms. The van der Waals surface area contributed by atoms with Crippen molar-refractivity contribution in [1.82, 2.24) is 25.4 Å². The number of nitrogens with one attached hydrogen (secondary N) is 2. The van der Waals surface area contributed by atoms with Crippen LogP contribution in [0.3, 0.4) is 0 Å². The highest BCUT2D eigenvalue weighted by molar-refractivity contribution is 14.0. The smallest absolute Gasteiger partial charge is 0.191 e. The van der Waals surface area contributed by atoms with Crippen molar-refractivity contribution in [2.45, 2.75) is 38.8 Å². The van der Waals surface area contributed by atoms with Gasteiger partial charge in [0.05, 0.1) is 6.54 Å². The van der Waals surface area contributed by atoms with Crippen molar-refractivity contribution in [3.63, 3.8) is 0 Å². The maximum absolute atomic E-state index is 4.27. The molecule has 8 heteroatoms. The molecule has 0 saturated carbocycles. The molecule has 2 N–H and O–H groups in total. The molecule has 1 aliphatic heterocycles. The molecule has 6 nitrogen and oxygen atoms in total. The Morgan fingerprint density at radius 2 is 2.30 bits per heavy atom. The Hall–Kier alpha value is -1.16. The minimum absolute atomic E-state index is 0. The maximum atomic E-state index is 4.27. The molecule has 23 heavy (non-hydrogen) atoms. The van der Waals surface area contributed by atoms with Gasteiger partial charge in [0.2, 0.25) is 0 Å². The maximum Gasteiger partial charge on any atom is 0.191 e. The van der Waals surface area contributed by atoms with E-state index in [9.17, 15) is 0 Å². The number of halogens is 1. The minimum Gasteiger partial charge on any atom is -0.356 e. The third kappa shape index (κ3) is 4.43. The number of guanidine groups is 1. The first kappa shape index (κ1) is 18.2. The van der Waals surface area contributed by atoms with Crippen LogP contribution in [0.4, 0.5) is 0 Å². The van der Waals surface area contributed by atoms with Crippen molar-refractivity contribution in [3.8, 4) is 0 Å². The molecule has 0 saturated heterocycles. The van der Waals surface area contributed by atoms with Crippen LogP contribution in [-0.2, 0) is 19.5 Å². The van der Waals surface area contributed by atoms with Crippen molar-refractivity contribution in [2.75, 3.05) is 13.6 Å². The van der Waals surface area contributed by atoms with Gasteiger partial charge in [-0.05, 0) is 17.9 Å². The van der Waals surface area contributed by atoms with E-state index in [1.54, 1.807) is 18.4 Å². The minimum atomic E-state index is 0. The Bertz CT molecular complexity index is 636. The van der Waals surface area contributed by atoms with E-state index < -0.39 is 0 Å². The predicted molar refractivity (Wildman–Crippen MR) is 105 cm³/mol. The molecule has 3 rings (SSSR count). The highest BCUT2D eigenvalue weighted by Gasteiger charge is 2.17. The topological polar surface area (TPSA) is 67.1 Å². The van der Waals surface area contributed by atoms with Crippen molar-refractivity contribution < 1.29 is 0 Å².